The number of nitrogens with zero attached hydrogens (tertiary/aromatic N) is 10. The van der Waals surface area contributed by atoms with E-state index in [4.69, 9.17) is 66.3 Å². The van der Waals surface area contributed by atoms with Crippen LogP contribution in [0.25, 0.3) is 0 Å². The number of piperidine rings is 2. The first-order valence-corrected chi connectivity index (χ1v) is 55.9. The molecular formula is C92H104Cl4F4N20O12P4S. The normalized spacial score (nSPS) is 13.0. The molecule has 2 aliphatic rings. The van der Waals surface area contributed by atoms with E-state index in [-0.39, 0.29) is 67.2 Å². The van der Waals surface area contributed by atoms with E-state index in [2.05, 4.69) is 108 Å². The summed E-state index contributed by atoms with van der Waals surface area (Å²) in [7, 11) is -7.31. The Kier molecular flexibility index (Phi) is 35.4. The minimum Gasteiger partial charge on any atom is -0.495 e. The standard InChI is InChI=1S/C26H32ClN6O3P.C24H29ClN5O2P.C21H20ClF3N5O4P.C21H23ClFN4O3PS/c1-28-25(34)17-11-13-33(14-12-17)18-9-10-20(22(15-18)36-2)31-26-29-16-19(27)24(32-26)30-21-7-5-6-8-23(21)37(3,4)35;1-32-21-15-17(30-13-7-4-8-14-30)11-12-19(21)28-24-26-16-18(25)23(29-24)27-20-9-5-6-10-22(20)33(2,3)31;1-33-16-9-12(35(2,3)32)5-7-14(16)29-20-27-10-13(22)19(30-20)28-15-6-4-11(18(26)31)8-17(15)34-21(23,24)25;1-13(2)32(29,30)19-8-6-5-7-18(19)25-20-15(22)12-24-21(27-20)26-17-10-9-14(11-16(17)23)31(3,4)28/h5-10,15-17H,11-14H2,1-4H3,(H,28,34)(H2,29,30,31,32);5-6,9-12,15-16H,4,7-8,13-14H2,1-3H3,(H2,26,27,28,29);4-10H,1-3H3,(H2,26,31)(H2,27,28,29,30);5-13H,1-4H3,(H2,24,25,26,27). The number of methoxy groups -OCH3 is 3. The van der Waals surface area contributed by atoms with E-state index >= 15 is 0 Å². The number of aromatic nitrogens is 8. The third kappa shape index (κ3) is 28.8. The first-order chi connectivity index (χ1) is 64.7. The summed E-state index contributed by atoms with van der Waals surface area (Å²) in [6, 6.07) is 45.7. The quantitative estimate of drug-likeness (QED) is 0.0148. The molecule has 0 atom stereocenters. The number of ether oxygens (including phenoxy) is 4. The molecule has 14 rings (SSSR count). The van der Waals surface area contributed by atoms with Gasteiger partial charge in [-0.05, 0) is 215 Å². The fourth-order valence-corrected chi connectivity index (χ4v) is 19.8. The van der Waals surface area contributed by atoms with Gasteiger partial charge in [-0.3, -0.25) is 9.59 Å². The number of para-hydroxylation sites is 3. The highest BCUT2D eigenvalue weighted by Crippen LogP contribution is 2.45. The van der Waals surface area contributed by atoms with Crippen molar-refractivity contribution in [1.29, 1.82) is 0 Å². The second-order valence-electron chi connectivity index (χ2n) is 33.0. The van der Waals surface area contributed by atoms with Crippen LogP contribution in [0.4, 0.5) is 122 Å². The average Bonchev–Trinajstić information content (AvgIpc) is 0.782. The van der Waals surface area contributed by atoms with Crippen LogP contribution < -0.4 is 104 Å². The number of carbonyl (C=O) groups excluding carboxylic acids is 2. The van der Waals surface area contributed by atoms with Crippen LogP contribution in [0.15, 0.2) is 193 Å². The van der Waals surface area contributed by atoms with Crippen molar-refractivity contribution in [2.75, 3.05) is 160 Å². The summed E-state index contributed by atoms with van der Waals surface area (Å²) in [5.74, 6) is 1.37. The highest BCUT2D eigenvalue weighted by atomic mass is 35.5. The van der Waals surface area contributed by atoms with Crippen molar-refractivity contribution in [1.82, 2.24) is 45.2 Å². The number of primary amides is 1. The van der Waals surface area contributed by atoms with E-state index in [0.29, 0.717) is 84.1 Å². The molecule has 0 aliphatic carbocycles. The first kappa shape index (κ1) is 105. The van der Waals surface area contributed by atoms with Gasteiger partial charge in [-0.15, -0.1) is 13.2 Å². The first-order valence-electron chi connectivity index (χ1n) is 42.4. The number of nitrogens with one attached hydrogen (secondary N) is 9. The van der Waals surface area contributed by atoms with Gasteiger partial charge >= 0.3 is 6.36 Å². The highest BCUT2D eigenvalue weighted by Gasteiger charge is 2.34. The zero-order chi connectivity index (χ0) is 99.7. The molecule has 4 aromatic heterocycles. The van der Waals surface area contributed by atoms with Crippen LogP contribution in [-0.2, 0) is 32.9 Å². The van der Waals surface area contributed by atoms with Gasteiger partial charge in [0, 0.05) is 89.4 Å². The zero-order valence-corrected chi connectivity index (χ0v) is 84.5. The number of halogens is 8. The average molecular weight is 2060 g/mol. The van der Waals surface area contributed by atoms with Crippen LogP contribution in [0.2, 0.25) is 20.1 Å². The van der Waals surface area contributed by atoms with Crippen molar-refractivity contribution >= 4 is 222 Å². The van der Waals surface area contributed by atoms with Crippen LogP contribution in [0, 0.1) is 11.7 Å². The SMILES string of the molecule is CC(C)S(=O)(=O)c1ccccc1Nc1nc(Nc2ccc(P(C)(C)=O)cc2F)ncc1Cl.CNC(=O)C1CCN(c2ccc(Nc3ncc(Cl)c(Nc4ccccc4P(C)(C)=O)n3)c(OC)c2)CC1.COc1cc(N2CCCCC2)ccc1Nc1ncc(Cl)c(Nc2ccccc2P(C)(C)=O)n1.COc1cc(P(C)(C)=O)ccc1Nc1ncc(Cl)c(Nc2ccc(C(N)=O)cc2OC(F)(F)F)n1. The van der Waals surface area contributed by atoms with E-state index in [1.54, 1.807) is 131 Å². The van der Waals surface area contributed by atoms with Gasteiger partial charge in [-0.1, -0.05) is 82.8 Å². The summed E-state index contributed by atoms with van der Waals surface area (Å²) >= 11 is 25.1. The lowest BCUT2D eigenvalue weighted by Gasteiger charge is -2.33. The molecule has 0 bridgehead atoms. The van der Waals surface area contributed by atoms with Crippen molar-refractivity contribution in [2.24, 2.45) is 11.7 Å². The summed E-state index contributed by atoms with van der Waals surface area (Å²) < 4.78 is 149. The molecule has 2 amide bonds. The fraction of sp³-hybridized carbons (Fsp3) is 0.283. The molecule has 8 aromatic carbocycles. The van der Waals surface area contributed by atoms with Gasteiger partial charge in [0.15, 0.2) is 38.9 Å². The van der Waals surface area contributed by atoms with Crippen LogP contribution in [0.3, 0.4) is 0 Å². The van der Waals surface area contributed by atoms with Crippen molar-refractivity contribution in [3.63, 3.8) is 0 Å². The minimum atomic E-state index is -5.03. The van der Waals surface area contributed by atoms with Crippen LogP contribution in [0.1, 0.15) is 56.3 Å². The van der Waals surface area contributed by atoms with Crippen LogP contribution >= 0.6 is 75.0 Å². The number of nitrogens with two attached hydrogens (primary N) is 1. The van der Waals surface area contributed by atoms with Gasteiger partial charge in [-0.25, -0.2) is 32.7 Å². The Morgan fingerprint density at radius 3 is 1.20 bits per heavy atom. The molecule has 0 radical (unpaired) electrons. The lowest BCUT2D eigenvalue weighted by Crippen LogP contribution is -2.39. The molecule has 6 heterocycles. The fourth-order valence-electron chi connectivity index (χ4n) is 14.0. The zero-order valence-electron chi connectivity index (χ0n) is 77.1. The molecule has 2 saturated heterocycles. The van der Waals surface area contributed by atoms with E-state index < -0.39 is 67.5 Å². The molecule has 0 unspecified atom stereocenters. The Morgan fingerprint density at radius 1 is 0.445 bits per heavy atom. The van der Waals surface area contributed by atoms with Gasteiger partial charge in [0.2, 0.25) is 35.6 Å². The molecule has 32 nitrogen and oxygen atoms in total. The molecule has 726 valence electrons. The topological polar surface area (TPSA) is 417 Å². The maximum Gasteiger partial charge on any atom is 0.573 e. The van der Waals surface area contributed by atoms with Gasteiger partial charge in [0.1, 0.15) is 71.7 Å². The Bertz CT molecular complexity index is 6720. The molecule has 11 N–H and O–H groups in total. The van der Waals surface area contributed by atoms with Crippen LogP contribution in [0.5, 0.6) is 23.0 Å². The van der Waals surface area contributed by atoms with Gasteiger partial charge < -0.3 is 101 Å². The highest BCUT2D eigenvalue weighted by molar-refractivity contribution is 7.92. The molecule has 2 fully saturated rings. The Hall–Kier alpha value is -12.0. The van der Waals surface area contributed by atoms with E-state index in [9.17, 15) is 53.8 Å². The predicted octanol–water partition coefficient (Wildman–Crippen LogP) is 20.8. The van der Waals surface area contributed by atoms with E-state index in [0.717, 1.165) is 78.5 Å². The molecule has 137 heavy (non-hydrogen) atoms. The maximum absolute atomic E-state index is 14.5. The number of rotatable bonds is 30. The van der Waals surface area contributed by atoms with Crippen molar-refractivity contribution < 1.29 is 72.8 Å². The van der Waals surface area contributed by atoms with Crippen molar-refractivity contribution in [3.8, 4) is 23.0 Å². The minimum absolute atomic E-state index is 0.00676. The summed E-state index contributed by atoms with van der Waals surface area (Å²) in [5.41, 5.74) is 10.7. The molecule has 45 heteroatoms. The smallest absolute Gasteiger partial charge is 0.495 e. The Labute approximate surface area is 811 Å². The lowest BCUT2D eigenvalue weighted by atomic mass is 9.95. The Morgan fingerprint density at radius 2 is 0.803 bits per heavy atom. The number of hydrogen-bond acceptors (Lipinski definition) is 30. The molecule has 2 aliphatic heterocycles. The number of amides is 2. The molecule has 0 saturated carbocycles. The van der Waals surface area contributed by atoms with Gasteiger partial charge in [-0.2, -0.15) is 19.9 Å². The second-order valence-corrected chi connectivity index (χ2v) is 49.9. The van der Waals surface area contributed by atoms with Crippen molar-refractivity contribution in [3.05, 3.63) is 220 Å². The maximum atomic E-state index is 14.5. The Balaban J connectivity index is 0.000000176. The van der Waals surface area contributed by atoms with E-state index in [1.165, 1.54) is 81.5 Å². The van der Waals surface area contributed by atoms with E-state index in [1.807, 2.05) is 78.9 Å². The number of anilines is 18. The number of benzene rings is 8. The van der Waals surface area contributed by atoms with Crippen molar-refractivity contribution in [2.45, 2.75) is 62.5 Å². The molecular weight excluding hydrogens is 1950 g/mol. The second kappa shape index (κ2) is 46.0. The summed E-state index contributed by atoms with van der Waals surface area (Å²) in [4.78, 5) is 62.4. The summed E-state index contributed by atoms with van der Waals surface area (Å²) in [6.07, 6.45) is 5.90. The van der Waals surface area contributed by atoms with Gasteiger partial charge in [0.05, 0.1) is 102 Å². The summed E-state index contributed by atoms with van der Waals surface area (Å²) in [6.45, 7) is 20.2. The number of carbonyl (C=O) groups is 2. The van der Waals surface area contributed by atoms with Gasteiger partial charge in [0.25, 0.3) is 0 Å². The monoisotopic (exact) mass is 2050 g/mol. The largest absolute Gasteiger partial charge is 0.573 e. The number of hydrogen-bond donors (Lipinski definition) is 10. The third-order valence-corrected chi connectivity index (χ3v) is 30.7. The molecule has 0 spiro atoms. The lowest BCUT2D eigenvalue weighted by molar-refractivity contribution is -0.274. The molecule has 12 aromatic rings. The van der Waals surface area contributed by atoms with Crippen LogP contribution in [-0.4, -0.2) is 180 Å². The predicted molar refractivity (Wildman–Crippen MR) is 545 cm³/mol. The summed E-state index contributed by atoms with van der Waals surface area (Å²) in [5, 5.41) is 29.6. The number of sulfone groups is 1. The number of alkyl halides is 3. The third-order valence-electron chi connectivity index (χ3n) is 21.2.